The molecule has 0 bridgehead atoms. The van der Waals surface area contributed by atoms with Gasteiger partial charge in [-0.15, -0.1) is 10.2 Å². The van der Waals surface area contributed by atoms with Crippen LogP contribution in [0.1, 0.15) is 39.6 Å². The quantitative estimate of drug-likeness (QED) is 0.565. The van der Waals surface area contributed by atoms with Crippen LogP contribution in [0.3, 0.4) is 0 Å². The molecule has 0 fully saturated rings. The largest absolute Gasteiger partial charge is 0.459 e. The molecule has 1 aromatic carbocycles. The number of nitrogens with zero attached hydrogens (tertiary/aromatic N) is 4. The van der Waals surface area contributed by atoms with Gasteiger partial charge in [-0.25, -0.2) is 4.39 Å². The first kappa shape index (κ1) is 20.4. The van der Waals surface area contributed by atoms with Gasteiger partial charge in [0.05, 0.1) is 11.8 Å². The van der Waals surface area contributed by atoms with E-state index in [9.17, 15) is 9.18 Å². The van der Waals surface area contributed by atoms with Crippen molar-refractivity contribution in [2.24, 2.45) is 0 Å². The number of carbonyl (C=O) groups excluding carboxylic acids is 1. The maximum Gasteiger partial charge on any atom is 0.316 e. The number of esters is 1. The fraction of sp³-hybridized carbons (Fsp3) is 0.500. The molecule has 1 heterocycles. The van der Waals surface area contributed by atoms with Gasteiger partial charge < -0.3 is 4.74 Å². The first-order valence-corrected chi connectivity index (χ1v) is 9.29. The number of rotatable bonds is 6. The van der Waals surface area contributed by atoms with E-state index in [2.05, 4.69) is 10.2 Å². The van der Waals surface area contributed by atoms with E-state index in [-0.39, 0.29) is 23.6 Å². The zero-order valence-corrected chi connectivity index (χ0v) is 16.8. The number of hydrogen-bond donors (Lipinski definition) is 0. The Bertz CT molecular complexity index is 754. The Balaban J connectivity index is 2.31. The first-order valence-electron chi connectivity index (χ1n) is 8.31. The maximum absolute atomic E-state index is 13.3. The Morgan fingerprint density at radius 2 is 1.88 bits per heavy atom. The summed E-state index contributed by atoms with van der Waals surface area (Å²) < 4.78 is 20.5. The predicted octanol–water partition coefficient (Wildman–Crippen LogP) is 3.46. The van der Waals surface area contributed by atoms with Gasteiger partial charge >= 0.3 is 5.97 Å². The van der Waals surface area contributed by atoms with Crippen LogP contribution >= 0.6 is 11.8 Å². The van der Waals surface area contributed by atoms with Crippen molar-refractivity contribution in [3.05, 3.63) is 35.9 Å². The summed E-state index contributed by atoms with van der Waals surface area (Å²) in [6.45, 7) is 7.49. The molecular formula is C18H25FN4O2S. The van der Waals surface area contributed by atoms with E-state index in [1.165, 1.54) is 23.9 Å². The summed E-state index contributed by atoms with van der Waals surface area (Å²) >= 11 is 1.25. The molecule has 0 unspecified atom stereocenters. The number of aromatic nitrogens is 3. The van der Waals surface area contributed by atoms with Crippen molar-refractivity contribution in [2.45, 2.75) is 44.5 Å². The van der Waals surface area contributed by atoms with Gasteiger partial charge in [-0.05, 0) is 66.1 Å². The van der Waals surface area contributed by atoms with Crippen molar-refractivity contribution < 1.29 is 13.9 Å². The van der Waals surface area contributed by atoms with Gasteiger partial charge in [0.2, 0.25) is 0 Å². The highest BCUT2D eigenvalue weighted by molar-refractivity contribution is 7.99. The molecule has 0 radical (unpaired) electrons. The molecule has 142 valence electrons. The van der Waals surface area contributed by atoms with Crippen molar-refractivity contribution >= 4 is 17.7 Å². The third-order valence-electron chi connectivity index (χ3n) is 3.63. The monoisotopic (exact) mass is 380 g/mol. The minimum Gasteiger partial charge on any atom is -0.459 e. The van der Waals surface area contributed by atoms with E-state index in [1.54, 1.807) is 12.1 Å². The van der Waals surface area contributed by atoms with Gasteiger partial charge in [-0.1, -0.05) is 11.8 Å². The lowest BCUT2D eigenvalue weighted by Crippen LogP contribution is -2.25. The van der Waals surface area contributed by atoms with Crippen molar-refractivity contribution in [3.8, 4) is 5.69 Å². The second kappa shape index (κ2) is 8.18. The van der Waals surface area contributed by atoms with Gasteiger partial charge in [0.25, 0.3) is 0 Å². The van der Waals surface area contributed by atoms with Gasteiger partial charge in [0, 0.05) is 5.69 Å². The second-order valence-electron chi connectivity index (χ2n) is 7.17. The van der Waals surface area contributed by atoms with E-state index in [4.69, 9.17) is 4.74 Å². The molecule has 0 aliphatic rings. The summed E-state index contributed by atoms with van der Waals surface area (Å²) in [5, 5.41) is 9.09. The van der Waals surface area contributed by atoms with E-state index in [1.807, 2.05) is 51.3 Å². The van der Waals surface area contributed by atoms with Gasteiger partial charge in [-0.2, -0.15) is 0 Å². The minimum absolute atomic E-state index is 0.0107. The number of thioether (sulfide) groups is 1. The van der Waals surface area contributed by atoms with E-state index < -0.39 is 5.60 Å². The fourth-order valence-electron chi connectivity index (χ4n) is 2.20. The van der Waals surface area contributed by atoms with Crippen LogP contribution < -0.4 is 0 Å². The van der Waals surface area contributed by atoms with Gasteiger partial charge in [-0.3, -0.25) is 14.3 Å². The summed E-state index contributed by atoms with van der Waals surface area (Å²) in [5.41, 5.74) is 0.208. The summed E-state index contributed by atoms with van der Waals surface area (Å²) in [6, 6.07) is 6.11. The SMILES string of the molecule is C[C@H](c1nnc(SCC(=O)OC(C)(C)C)n1-c1ccc(F)cc1)N(C)C. The molecule has 0 spiro atoms. The zero-order valence-electron chi connectivity index (χ0n) is 16.0. The molecule has 2 aromatic rings. The second-order valence-corrected chi connectivity index (χ2v) is 8.11. The zero-order chi connectivity index (χ0) is 19.5. The first-order chi connectivity index (χ1) is 12.1. The summed E-state index contributed by atoms with van der Waals surface area (Å²) in [4.78, 5) is 14.0. The van der Waals surface area contributed by atoms with Crippen molar-refractivity contribution in [2.75, 3.05) is 19.8 Å². The number of hydrogen-bond acceptors (Lipinski definition) is 6. The summed E-state index contributed by atoms with van der Waals surface area (Å²) in [5.74, 6) is 0.200. The minimum atomic E-state index is -0.535. The number of ether oxygens (including phenoxy) is 1. The van der Waals surface area contributed by atoms with E-state index >= 15 is 0 Å². The predicted molar refractivity (Wildman–Crippen MR) is 100.0 cm³/mol. The molecule has 0 aliphatic heterocycles. The lowest BCUT2D eigenvalue weighted by Gasteiger charge is -2.21. The van der Waals surface area contributed by atoms with Crippen molar-refractivity contribution in [1.29, 1.82) is 0 Å². The fourth-order valence-corrected chi connectivity index (χ4v) is 2.94. The lowest BCUT2D eigenvalue weighted by atomic mass is 10.2. The summed E-state index contributed by atoms with van der Waals surface area (Å²) in [6.07, 6.45) is 0. The average Bonchev–Trinajstić information content (AvgIpc) is 2.95. The molecule has 8 heteroatoms. The van der Waals surface area contributed by atoms with Crippen LogP contribution in [0.15, 0.2) is 29.4 Å². The Morgan fingerprint density at radius 3 is 2.42 bits per heavy atom. The van der Waals surface area contributed by atoms with E-state index in [0.29, 0.717) is 11.0 Å². The van der Waals surface area contributed by atoms with E-state index in [0.717, 1.165) is 5.69 Å². The number of benzene rings is 1. The van der Waals surface area contributed by atoms with Crippen LogP contribution in [0, 0.1) is 5.82 Å². The molecule has 0 N–H and O–H groups in total. The molecule has 0 saturated carbocycles. The normalized spacial score (nSPS) is 13.1. The van der Waals surface area contributed by atoms with Crippen molar-refractivity contribution in [3.63, 3.8) is 0 Å². The standard InChI is InChI=1S/C18H25FN4O2S/c1-12(22(5)6)16-20-21-17(26-11-15(24)25-18(2,3)4)23(16)14-9-7-13(19)8-10-14/h7-10,12H,11H2,1-6H3/t12-/m1/s1. The lowest BCUT2D eigenvalue weighted by molar-refractivity contribution is -0.151. The number of carbonyl (C=O) groups is 1. The van der Waals surface area contributed by atoms with Crippen LogP contribution in [0.2, 0.25) is 0 Å². The van der Waals surface area contributed by atoms with Crippen LogP contribution in [0.5, 0.6) is 0 Å². The molecule has 1 aromatic heterocycles. The molecule has 6 nitrogen and oxygen atoms in total. The third kappa shape index (κ3) is 5.28. The highest BCUT2D eigenvalue weighted by Crippen LogP contribution is 2.27. The highest BCUT2D eigenvalue weighted by Gasteiger charge is 2.23. The Kier molecular flexibility index (Phi) is 6.41. The third-order valence-corrected chi connectivity index (χ3v) is 4.53. The number of halogens is 1. The molecule has 2 rings (SSSR count). The Hall–Kier alpha value is -1.93. The average molecular weight is 380 g/mol. The molecule has 1 atom stereocenters. The van der Waals surface area contributed by atoms with Crippen LogP contribution in [0.25, 0.3) is 5.69 Å². The highest BCUT2D eigenvalue weighted by atomic mass is 32.2. The Morgan fingerprint density at radius 1 is 1.27 bits per heavy atom. The molecule has 0 saturated heterocycles. The van der Waals surface area contributed by atoms with Crippen LogP contribution in [0.4, 0.5) is 4.39 Å². The molecule has 0 aliphatic carbocycles. The maximum atomic E-state index is 13.3. The summed E-state index contributed by atoms with van der Waals surface area (Å²) in [7, 11) is 3.89. The molecular weight excluding hydrogens is 355 g/mol. The van der Waals surface area contributed by atoms with Crippen LogP contribution in [-0.4, -0.2) is 51.1 Å². The van der Waals surface area contributed by atoms with Gasteiger partial charge in [0.1, 0.15) is 11.4 Å². The topological polar surface area (TPSA) is 60.2 Å². The Labute approximate surface area is 157 Å². The molecule has 26 heavy (non-hydrogen) atoms. The van der Waals surface area contributed by atoms with Crippen molar-refractivity contribution in [1.82, 2.24) is 19.7 Å². The smallest absolute Gasteiger partial charge is 0.316 e. The van der Waals surface area contributed by atoms with Crippen LogP contribution in [-0.2, 0) is 9.53 Å². The van der Waals surface area contributed by atoms with Gasteiger partial charge in [0.15, 0.2) is 11.0 Å². The molecule has 0 amide bonds.